The first-order valence-electron chi connectivity index (χ1n) is 7.49. The van der Waals surface area contributed by atoms with Crippen molar-refractivity contribution < 1.29 is 18.3 Å². The molecule has 1 rings (SSSR count). The molecule has 6 nitrogen and oxygen atoms in total. The third-order valence-electron chi connectivity index (χ3n) is 3.34. The molecule has 7 heteroatoms. The van der Waals surface area contributed by atoms with E-state index < -0.39 is 10.0 Å². The summed E-state index contributed by atoms with van der Waals surface area (Å²) in [7, 11) is -3.62. The van der Waals surface area contributed by atoms with E-state index in [0.29, 0.717) is 19.5 Å². The summed E-state index contributed by atoms with van der Waals surface area (Å²) in [6.45, 7) is 6.21. The summed E-state index contributed by atoms with van der Waals surface area (Å²) in [5, 5.41) is 12.4. The van der Waals surface area contributed by atoms with Crippen LogP contribution in [0.15, 0.2) is 23.1 Å². The second kappa shape index (κ2) is 8.14. The van der Waals surface area contributed by atoms with Gasteiger partial charge in [0.1, 0.15) is 5.75 Å². The summed E-state index contributed by atoms with van der Waals surface area (Å²) in [5.74, 6) is -0.391. The number of amides is 1. The molecule has 0 radical (unpaired) electrons. The minimum Gasteiger partial charge on any atom is -0.506 e. The number of rotatable bonds is 8. The minimum atomic E-state index is -3.62. The SMILES string of the molecule is CCCCC(=O)Nc1cc(S(=O)(=O)N(CC)CC)ccc1O. The van der Waals surface area contributed by atoms with Crippen LogP contribution in [-0.2, 0) is 14.8 Å². The van der Waals surface area contributed by atoms with E-state index in [1.165, 1.54) is 22.5 Å². The predicted octanol–water partition coefficient (Wildman–Crippen LogP) is 2.55. The molecule has 1 amide bonds. The number of sulfonamides is 1. The van der Waals surface area contributed by atoms with Crippen LogP contribution in [0.1, 0.15) is 40.0 Å². The summed E-state index contributed by atoms with van der Waals surface area (Å²) < 4.78 is 26.2. The van der Waals surface area contributed by atoms with Gasteiger partial charge in [0.2, 0.25) is 15.9 Å². The Bertz CT molecular complexity index is 610. The lowest BCUT2D eigenvalue weighted by atomic mass is 10.2. The number of hydrogen-bond donors (Lipinski definition) is 2. The van der Waals surface area contributed by atoms with Crippen molar-refractivity contribution in [2.24, 2.45) is 0 Å². The van der Waals surface area contributed by atoms with Crippen molar-refractivity contribution in [1.82, 2.24) is 4.31 Å². The van der Waals surface area contributed by atoms with Gasteiger partial charge in [0.25, 0.3) is 0 Å². The fourth-order valence-corrected chi connectivity index (χ4v) is 3.52. The summed E-state index contributed by atoms with van der Waals surface area (Å²) >= 11 is 0. The van der Waals surface area contributed by atoms with Gasteiger partial charge in [0.15, 0.2) is 0 Å². The first-order valence-corrected chi connectivity index (χ1v) is 8.93. The molecule has 0 aliphatic heterocycles. The van der Waals surface area contributed by atoms with Crippen molar-refractivity contribution in [3.63, 3.8) is 0 Å². The number of anilines is 1. The zero-order chi connectivity index (χ0) is 16.8. The zero-order valence-electron chi connectivity index (χ0n) is 13.3. The Morgan fingerprint density at radius 2 is 1.86 bits per heavy atom. The summed E-state index contributed by atoms with van der Waals surface area (Å²) in [6, 6.07) is 3.92. The first kappa shape index (κ1) is 18.4. The fourth-order valence-electron chi connectivity index (χ4n) is 2.04. The molecule has 22 heavy (non-hydrogen) atoms. The van der Waals surface area contributed by atoms with Crippen LogP contribution in [0.4, 0.5) is 5.69 Å². The second-order valence-corrected chi connectivity index (χ2v) is 6.86. The Morgan fingerprint density at radius 1 is 1.23 bits per heavy atom. The van der Waals surface area contributed by atoms with Crippen LogP contribution < -0.4 is 5.32 Å². The van der Waals surface area contributed by atoms with Gasteiger partial charge in [-0.15, -0.1) is 0 Å². The number of carbonyl (C=O) groups is 1. The number of aromatic hydroxyl groups is 1. The molecular weight excluding hydrogens is 304 g/mol. The molecule has 0 fully saturated rings. The lowest BCUT2D eigenvalue weighted by molar-refractivity contribution is -0.116. The van der Waals surface area contributed by atoms with Crippen LogP contribution in [0, 0.1) is 0 Å². The molecule has 0 atom stereocenters. The Hall–Kier alpha value is -1.60. The van der Waals surface area contributed by atoms with Crippen LogP contribution in [0.3, 0.4) is 0 Å². The molecule has 0 aliphatic rings. The molecule has 0 bridgehead atoms. The maximum atomic E-state index is 12.4. The molecule has 0 saturated carbocycles. The Morgan fingerprint density at radius 3 is 2.41 bits per heavy atom. The minimum absolute atomic E-state index is 0.0554. The first-order chi connectivity index (χ1) is 10.4. The van der Waals surface area contributed by atoms with Crippen LogP contribution >= 0.6 is 0 Å². The van der Waals surface area contributed by atoms with Crippen LogP contribution in [-0.4, -0.2) is 36.8 Å². The predicted molar refractivity (Wildman–Crippen MR) is 86.4 cm³/mol. The summed E-state index contributed by atoms with van der Waals surface area (Å²) in [4.78, 5) is 11.8. The maximum absolute atomic E-state index is 12.4. The number of phenols is 1. The van der Waals surface area contributed by atoms with Crippen molar-refractivity contribution in [1.29, 1.82) is 0 Å². The van der Waals surface area contributed by atoms with E-state index >= 15 is 0 Å². The van der Waals surface area contributed by atoms with Gasteiger partial charge in [-0.3, -0.25) is 4.79 Å². The average molecular weight is 328 g/mol. The number of phenolic OH excluding ortho intramolecular Hbond substituents is 1. The molecule has 0 aromatic heterocycles. The molecule has 0 unspecified atom stereocenters. The quantitative estimate of drug-likeness (QED) is 0.718. The number of nitrogens with one attached hydrogen (secondary N) is 1. The highest BCUT2D eigenvalue weighted by Crippen LogP contribution is 2.28. The van der Waals surface area contributed by atoms with Gasteiger partial charge in [-0.2, -0.15) is 4.31 Å². The molecule has 0 saturated heterocycles. The molecule has 2 N–H and O–H groups in total. The van der Waals surface area contributed by atoms with E-state index in [1.54, 1.807) is 13.8 Å². The van der Waals surface area contributed by atoms with Gasteiger partial charge in [-0.25, -0.2) is 8.42 Å². The Labute approximate surface area is 132 Å². The number of carbonyl (C=O) groups excluding carboxylic acids is 1. The lowest BCUT2D eigenvalue weighted by Gasteiger charge is -2.19. The highest BCUT2D eigenvalue weighted by atomic mass is 32.2. The molecule has 1 aromatic rings. The van der Waals surface area contributed by atoms with E-state index in [0.717, 1.165) is 12.8 Å². The van der Waals surface area contributed by atoms with E-state index in [-0.39, 0.29) is 22.2 Å². The summed E-state index contributed by atoms with van der Waals surface area (Å²) in [6.07, 6.45) is 1.96. The van der Waals surface area contributed by atoms with Gasteiger partial charge in [-0.1, -0.05) is 27.2 Å². The standard InChI is InChI=1S/C15H24N2O4S/c1-4-7-8-15(19)16-13-11-12(9-10-14(13)18)22(20,21)17(5-2)6-3/h9-11,18H,4-8H2,1-3H3,(H,16,19). The third-order valence-corrected chi connectivity index (χ3v) is 5.39. The highest BCUT2D eigenvalue weighted by molar-refractivity contribution is 7.89. The van der Waals surface area contributed by atoms with E-state index in [4.69, 9.17) is 0 Å². The summed E-state index contributed by atoms with van der Waals surface area (Å²) in [5.41, 5.74) is 0.120. The van der Waals surface area contributed by atoms with Crippen molar-refractivity contribution in [2.45, 2.75) is 44.9 Å². The monoisotopic (exact) mass is 328 g/mol. The molecule has 0 heterocycles. The normalized spacial score (nSPS) is 11.6. The van der Waals surface area contributed by atoms with Gasteiger partial charge >= 0.3 is 0 Å². The Balaban J connectivity index is 3.06. The van der Waals surface area contributed by atoms with Gasteiger partial charge in [0, 0.05) is 19.5 Å². The van der Waals surface area contributed by atoms with Crippen molar-refractivity contribution in [3.05, 3.63) is 18.2 Å². The second-order valence-electron chi connectivity index (χ2n) is 4.92. The largest absolute Gasteiger partial charge is 0.506 e. The molecule has 1 aromatic carbocycles. The lowest BCUT2D eigenvalue weighted by Crippen LogP contribution is -2.30. The molecule has 0 aliphatic carbocycles. The van der Waals surface area contributed by atoms with Crippen LogP contribution in [0.2, 0.25) is 0 Å². The number of unbranched alkanes of at least 4 members (excludes halogenated alkanes) is 1. The van der Waals surface area contributed by atoms with Gasteiger partial charge in [0.05, 0.1) is 10.6 Å². The van der Waals surface area contributed by atoms with Gasteiger partial charge in [-0.05, 0) is 24.6 Å². The molecule has 124 valence electrons. The Kier molecular flexibility index (Phi) is 6.83. The smallest absolute Gasteiger partial charge is 0.243 e. The molecular formula is C15H24N2O4S. The van der Waals surface area contributed by atoms with Crippen molar-refractivity contribution in [2.75, 3.05) is 18.4 Å². The van der Waals surface area contributed by atoms with Crippen molar-refractivity contribution in [3.8, 4) is 5.75 Å². The third kappa shape index (κ3) is 4.45. The number of benzene rings is 1. The van der Waals surface area contributed by atoms with E-state index in [1.807, 2.05) is 6.92 Å². The highest BCUT2D eigenvalue weighted by Gasteiger charge is 2.22. The zero-order valence-corrected chi connectivity index (χ0v) is 14.1. The van der Waals surface area contributed by atoms with E-state index in [9.17, 15) is 18.3 Å². The maximum Gasteiger partial charge on any atom is 0.243 e. The number of hydrogen-bond acceptors (Lipinski definition) is 4. The van der Waals surface area contributed by atoms with Crippen molar-refractivity contribution >= 4 is 21.6 Å². The van der Waals surface area contributed by atoms with Gasteiger partial charge < -0.3 is 10.4 Å². The number of nitrogens with zero attached hydrogens (tertiary/aromatic N) is 1. The average Bonchev–Trinajstić information content (AvgIpc) is 2.48. The van der Waals surface area contributed by atoms with Crippen LogP contribution in [0.5, 0.6) is 5.75 Å². The molecule has 0 spiro atoms. The van der Waals surface area contributed by atoms with Crippen LogP contribution in [0.25, 0.3) is 0 Å². The fraction of sp³-hybridized carbons (Fsp3) is 0.533. The van der Waals surface area contributed by atoms with E-state index in [2.05, 4.69) is 5.32 Å². The topological polar surface area (TPSA) is 86.7 Å².